The van der Waals surface area contributed by atoms with Crippen LogP contribution in [-0.4, -0.2) is 9.97 Å². The van der Waals surface area contributed by atoms with Gasteiger partial charge in [0, 0.05) is 5.92 Å². The second-order valence-electron chi connectivity index (χ2n) is 3.78. The fraction of sp³-hybridized carbons (Fsp3) is 0.273. The summed E-state index contributed by atoms with van der Waals surface area (Å²) >= 11 is 9.56. The second kappa shape index (κ2) is 3.42. The lowest BCUT2D eigenvalue weighted by Gasteiger charge is -2.04. The van der Waals surface area contributed by atoms with Crippen LogP contribution in [0.25, 0.3) is 10.9 Å². The van der Waals surface area contributed by atoms with Crippen LogP contribution in [0.2, 0.25) is 5.02 Å². The van der Waals surface area contributed by atoms with E-state index in [4.69, 9.17) is 11.6 Å². The van der Waals surface area contributed by atoms with E-state index >= 15 is 0 Å². The van der Waals surface area contributed by atoms with Gasteiger partial charge in [0.2, 0.25) is 0 Å². The topological polar surface area (TPSA) is 25.8 Å². The van der Waals surface area contributed by atoms with Crippen LogP contribution >= 0.6 is 27.5 Å². The third kappa shape index (κ3) is 1.64. The van der Waals surface area contributed by atoms with E-state index in [0.29, 0.717) is 10.9 Å². The molecule has 2 nitrogen and oxygen atoms in total. The molecule has 0 spiro atoms. The van der Waals surface area contributed by atoms with Crippen LogP contribution in [0.15, 0.2) is 22.8 Å². The zero-order valence-electron chi connectivity index (χ0n) is 7.87. The van der Waals surface area contributed by atoms with Crippen molar-refractivity contribution in [2.45, 2.75) is 18.8 Å². The summed E-state index contributed by atoms with van der Waals surface area (Å²) in [6.07, 6.45) is 2.41. The van der Waals surface area contributed by atoms with E-state index in [0.717, 1.165) is 21.3 Å². The molecule has 1 aromatic heterocycles. The highest BCUT2D eigenvalue weighted by atomic mass is 79.9. The molecule has 1 aliphatic carbocycles. The van der Waals surface area contributed by atoms with Crippen molar-refractivity contribution in [1.82, 2.24) is 9.97 Å². The first-order valence-corrected chi connectivity index (χ1v) is 6.04. The van der Waals surface area contributed by atoms with E-state index in [9.17, 15) is 0 Å². The van der Waals surface area contributed by atoms with Gasteiger partial charge in [-0.3, -0.25) is 0 Å². The van der Waals surface area contributed by atoms with Gasteiger partial charge in [-0.25, -0.2) is 9.97 Å². The quantitative estimate of drug-likeness (QED) is 0.741. The van der Waals surface area contributed by atoms with Crippen molar-refractivity contribution in [3.63, 3.8) is 0 Å². The van der Waals surface area contributed by atoms with Gasteiger partial charge in [-0.1, -0.05) is 17.7 Å². The molecule has 0 unspecified atom stereocenters. The van der Waals surface area contributed by atoms with Crippen molar-refractivity contribution in [3.05, 3.63) is 33.6 Å². The Morgan fingerprint density at radius 3 is 2.80 bits per heavy atom. The number of nitrogens with zero attached hydrogens (tertiary/aromatic N) is 2. The first-order valence-electron chi connectivity index (χ1n) is 4.87. The molecule has 1 fully saturated rings. The van der Waals surface area contributed by atoms with E-state index in [1.807, 2.05) is 18.2 Å². The number of fused-ring (bicyclic) bond motifs is 1. The molecule has 0 bridgehead atoms. The molecule has 0 N–H and O–H groups in total. The van der Waals surface area contributed by atoms with Gasteiger partial charge in [-0.05, 0) is 40.9 Å². The van der Waals surface area contributed by atoms with Crippen molar-refractivity contribution < 1.29 is 0 Å². The number of hydrogen-bond donors (Lipinski definition) is 0. The van der Waals surface area contributed by atoms with Crippen molar-refractivity contribution in [2.24, 2.45) is 0 Å². The lowest BCUT2D eigenvalue weighted by molar-refractivity contribution is 0.938. The molecular formula is C11H8BrClN2. The smallest absolute Gasteiger partial charge is 0.133 e. The van der Waals surface area contributed by atoms with Gasteiger partial charge in [0.05, 0.1) is 15.9 Å². The number of benzene rings is 1. The molecule has 1 aliphatic rings. The van der Waals surface area contributed by atoms with E-state index in [-0.39, 0.29) is 0 Å². The molecule has 15 heavy (non-hydrogen) atoms. The van der Waals surface area contributed by atoms with E-state index in [2.05, 4.69) is 25.9 Å². The first kappa shape index (κ1) is 9.55. The molecule has 0 radical (unpaired) electrons. The number of rotatable bonds is 1. The summed E-state index contributed by atoms with van der Waals surface area (Å²) in [6, 6.07) is 5.75. The average molecular weight is 284 g/mol. The van der Waals surface area contributed by atoms with Gasteiger partial charge < -0.3 is 0 Å². The SMILES string of the molecule is Clc1cccc2nc(C3CC3)nc(Br)c12. The summed E-state index contributed by atoms with van der Waals surface area (Å²) in [4.78, 5) is 8.98. The van der Waals surface area contributed by atoms with Crippen molar-refractivity contribution in [2.75, 3.05) is 0 Å². The Bertz CT molecular complexity index is 537. The van der Waals surface area contributed by atoms with Crippen LogP contribution < -0.4 is 0 Å². The molecule has 2 aromatic rings. The zero-order chi connectivity index (χ0) is 10.4. The van der Waals surface area contributed by atoms with Crippen LogP contribution in [0.4, 0.5) is 0 Å². The van der Waals surface area contributed by atoms with Crippen LogP contribution in [0.5, 0.6) is 0 Å². The monoisotopic (exact) mass is 282 g/mol. The fourth-order valence-corrected chi connectivity index (χ4v) is 2.61. The highest BCUT2D eigenvalue weighted by molar-refractivity contribution is 9.10. The maximum absolute atomic E-state index is 6.10. The molecule has 4 heteroatoms. The Labute approximate surface area is 101 Å². The molecular weight excluding hydrogens is 275 g/mol. The average Bonchev–Trinajstić information content (AvgIpc) is 3.00. The van der Waals surface area contributed by atoms with Gasteiger partial charge in [0.1, 0.15) is 10.4 Å². The lowest BCUT2D eigenvalue weighted by atomic mass is 10.2. The molecule has 3 rings (SSSR count). The van der Waals surface area contributed by atoms with Crippen LogP contribution in [0.3, 0.4) is 0 Å². The number of hydrogen-bond acceptors (Lipinski definition) is 2. The normalized spacial score (nSPS) is 15.9. The van der Waals surface area contributed by atoms with Crippen LogP contribution in [-0.2, 0) is 0 Å². The van der Waals surface area contributed by atoms with Gasteiger partial charge in [0.25, 0.3) is 0 Å². The standard InChI is InChI=1S/C11H8BrClN2/c12-10-9-7(13)2-1-3-8(9)14-11(15-10)6-4-5-6/h1-3,6H,4-5H2. The lowest BCUT2D eigenvalue weighted by Crippen LogP contribution is -1.94. The van der Waals surface area contributed by atoms with Crippen LogP contribution in [0.1, 0.15) is 24.6 Å². The predicted octanol–water partition coefficient (Wildman–Crippen LogP) is 3.92. The predicted molar refractivity (Wildman–Crippen MR) is 64.2 cm³/mol. The maximum atomic E-state index is 6.10. The Kier molecular flexibility index (Phi) is 2.18. The summed E-state index contributed by atoms with van der Waals surface area (Å²) < 4.78 is 0.806. The molecule has 1 saturated carbocycles. The van der Waals surface area contributed by atoms with Crippen molar-refractivity contribution in [3.8, 4) is 0 Å². The Morgan fingerprint density at radius 2 is 2.07 bits per heavy atom. The molecule has 1 heterocycles. The number of aromatic nitrogens is 2. The zero-order valence-corrected chi connectivity index (χ0v) is 10.2. The molecule has 0 aliphatic heterocycles. The minimum absolute atomic E-state index is 0.560. The van der Waals surface area contributed by atoms with Gasteiger partial charge in [-0.2, -0.15) is 0 Å². The summed E-state index contributed by atoms with van der Waals surface area (Å²) in [6.45, 7) is 0. The van der Waals surface area contributed by atoms with Gasteiger partial charge in [0.15, 0.2) is 0 Å². The molecule has 0 atom stereocenters. The Hall–Kier alpha value is -0.670. The van der Waals surface area contributed by atoms with Crippen molar-refractivity contribution in [1.29, 1.82) is 0 Å². The van der Waals surface area contributed by atoms with Gasteiger partial charge in [-0.15, -0.1) is 0 Å². The van der Waals surface area contributed by atoms with Gasteiger partial charge >= 0.3 is 0 Å². The third-order valence-electron chi connectivity index (χ3n) is 2.59. The molecule has 0 amide bonds. The molecule has 1 aromatic carbocycles. The van der Waals surface area contributed by atoms with E-state index in [1.54, 1.807) is 0 Å². The van der Waals surface area contributed by atoms with E-state index in [1.165, 1.54) is 12.8 Å². The van der Waals surface area contributed by atoms with E-state index < -0.39 is 0 Å². The Balaban J connectivity index is 2.31. The highest BCUT2D eigenvalue weighted by Crippen LogP contribution is 2.40. The minimum atomic E-state index is 0.560. The third-order valence-corrected chi connectivity index (χ3v) is 3.48. The largest absolute Gasteiger partial charge is 0.232 e. The van der Waals surface area contributed by atoms with Crippen molar-refractivity contribution >= 4 is 38.4 Å². The molecule has 76 valence electrons. The summed E-state index contributed by atoms with van der Waals surface area (Å²) in [5.41, 5.74) is 0.922. The Morgan fingerprint density at radius 1 is 1.27 bits per heavy atom. The maximum Gasteiger partial charge on any atom is 0.133 e. The second-order valence-corrected chi connectivity index (χ2v) is 4.94. The summed E-state index contributed by atoms with van der Waals surface area (Å²) in [7, 11) is 0. The summed E-state index contributed by atoms with van der Waals surface area (Å²) in [5, 5.41) is 1.60. The first-order chi connectivity index (χ1) is 7.25. The summed E-state index contributed by atoms with van der Waals surface area (Å²) in [5.74, 6) is 1.50. The highest BCUT2D eigenvalue weighted by Gasteiger charge is 2.27. The molecule has 0 saturated heterocycles. The fourth-order valence-electron chi connectivity index (χ4n) is 1.64. The van der Waals surface area contributed by atoms with Crippen LogP contribution in [0, 0.1) is 0 Å². The minimum Gasteiger partial charge on any atom is -0.232 e. The number of halogens is 2.